The second-order valence-corrected chi connectivity index (χ2v) is 3.62. The van der Waals surface area contributed by atoms with Gasteiger partial charge in [-0.15, -0.1) is 0 Å². The summed E-state index contributed by atoms with van der Waals surface area (Å²) in [5.74, 6) is 0.496. The molecule has 2 rings (SSSR count). The van der Waals surface area contributed by atoms with E-state index in [1.807, 2.05) is 0 Å². The van der Waals surface area contributed by atoms with Gasteiger partial charge in [0.05, 0.1) is 17.8 Å². The molecule has 0 aliphatic heterocycles. The Balaban J connectivity index is 2.28. The van der Waals surface area contributed by atoms with Gasteiger partial charge in [-0.05, 0) is 19.8 Å². The maximum Gasteiger partial charge on any atom is 0.182 e. The summed E-state index contributed by atoms with van der Waals surface area (Å²) in [6, 6.07) is -0.435. The van der Waals surface area contributed by atoms with E-state index in [0.29, 0.717) is 11.5 Å². The van der Waals surface area contributed by atoms with Crippen LogP contribution in [0.15, 0.2) is 6.20 Å². The monoisotopic (exact) mass is 179 g/mol. The first-order valence-corrected chi connectivity index (χ1v) is 4.53. The number of ketones is 1. The van der Waals surface area contributed by atoms with Gasteiger partial charge in [-0.1, -0.05) is 0 Å². The Hall–Kier alpha value is -1.16. The van der Waals surface area contributed by atoms with E-state index in [4.69, 9.17) is 5.73 Å². The van der Waals surface area contributed by atoms with Crippen molar-refractivity contribution in [2.45, 2.75) is 31.7 Å². The molecule has 0 bridgehead atoms. The number of nitrogens with one attached hydrogen (secondary N) is 1. The third-order valence-corrected chi connectivity index (χ3v) is 2.33. The summed E-state index contributed by atoms with van der Waals surface area (Å²) in [6.45, 7) is 1.70. The third-order valence-electron chi connectivity index (χ3n) is 2.33. The standard InChI is InChI=1S/C9H13N3O/c1-5(10)9(13)7-4-11-12-8(7)6-2-3-6/h4-6H,2-3,10H2,1H3,(H,11,12). The number of carbonyl (C=O) groups is 1. The van der Waals surface area contributed by atoms with Gasteiger partial charge in [-0.2, -0.15) is 5.10 Å². The van der Waals surface area contributed by atoms with E-state index in [0.717, 1.165) is 18.5 Å². The highest BCUT2D eigenvalue weighted by Crippen LogP contribution is 2.40. The number of aromatic nitrogens is 2. The van der Waals surface area contributed by atoms with Crippen LogP contribution in [-0.2, 0) is 0 Å². The van der Waals surface area contributed by atoms with Crippen LogP contribution in [0.3, 0.4) is 0 Å². The molecule has 3 N–H and O–H groups in total. The lowest BCUT2D eigenvalue weighted by Gasteiger charge is -2.03. The smallest absolute Gasteiger partial charge is 0.182 e. The van der Waals surface area contributed by atoms with Gasteiger partial charge in [0.15, 0.2) is 5.78 Å². The summed E-state index contributed by atoms with van der Waals surface area (Å²) in [5.41, 5.74) is 7.18. The fraction of sp³-hybridized carbons (Fsp3) is 0.556. The van der Waals surface area contributed by atoms with Crippen LogP contribution in [0.5, 0.6) is 0 Å². The van der Waals surface area contributed by atoms with Crippen molar-refractivity contribution in [1.82, 2.24) is 10.2 Å². The number of hydrogen-bond acceptors (Lipinski definition) is 3. The SMILES string of the molecule is CC(N)C(=O)c1cn[nH]c1C1CC1. The van der Waals surface area contributed by atoms with Gasteiger partial charge in [0.1, 0.15) is 0 Å². The van der Waals surface area contributed by atoms with Crippen LogP contribution in [0.25, 0.3) is 0 Å². The molecule has 1 aromatic heterocycles. The van der Waals surface area contributed by atoms with Gasteiger partial charge in [0.25, 0.3) is 0 Å². The lowest BCUT2D eigenvalue weighted by Crippen LogP contribution is -2.27. The van der Waals surface area contributed by atoms with E-state index in [1.165, 1.54) is 0 Å². The van der Waals surface area contributed by atoms with Gasteiger partial charge >= 0.3 is 0 Å². The first-order chi connectivity index (χ1) is 6.20. The largest absolute Gasteiger partial charge is 0.321 e. The van der Waals surface area contributed by atoms with Crippen molar-refractivity contribution in [2.75, 3.05) is 0 Å². The summed E-state index contributed by atoms with van der Waals surface area (Å²) in [5, 5.41) is 6.76. The summed E-state index contributed by atoms with van der Waals surface area (Å²) in [4.78, 5) is 11.6. The first kappa shape index (κ1) is 8.44. The number of nitrogens with zero attached hydrogens (tertiary/aromatic N) is 1. The third kappa shape index (κ3) is 1.49. The van der Waals surface area contributed by atoms with Crippen LogP contribution in [0.2, 0.25) is 0 Å². The fourth-order valence-electron chi connectivity index (χ4n) is 1.42. The molecule has 70 valence electrons. The van der Waals surface area contributed by atoms with Crippen molar-refractivity contribution < 1.29 is 4.79 Å². The molecule has 1 atom stereocenters. The Labute approximate surface area is 76.5 Å². The molecule has 4 heteroatoms. The summed E-state index contributed by atoms with van der Waals surface area (Å²) < 4.78 is 0. The predicted octanol–water partition coefficient (Wildman–Crippen LogP) is 0.817. The lowest BCUT2D eigenvalue weighted by atomic mass is 10.0. The summed E-state index contributed by atoms with van der Waals surface area (Å²) >= 11 is 0. The van der Waals surface area contributed by atoms with Crippen LogP contribution >= 0.6 is 0 Å². The van der Waals surface area contributed by atoms with E-state index in [9.17, 15) is 4.79 Å². The highest BCUT2D eigenvalue weighted by Gasteiger charge is 2.30. The first-order valence-electron chi connectivity index (χ1n) is 4.53. The molecule has 0 saturated heterocycles. The second-order valence-electron chi connectivity index (χ2n) is 3.62. The van der Waals surface area contributed by atoms with Gasteiger partial charge in [-0.25, -0.2) is 0 Å². The molecular weight excluding hydrogens is 166 g/mol. The van der Waals surface area contributed by atoms with Crippen LogP contribution < -0.4 is 5.73 Å². The molecule has 0 aromatic carbocycles. The average Bonchev–Trinajstić information content (AvgIpc) is 2.83. The van der Waals surface area contributed by atoms with Gasteiger partial charge in [-0.3, -0.25) is 9.89 Å². The molecule has 1 aromatic rings. The van der Waals surface area contributed by atoms with Gasteiger partial charge < -0.3 is 5.73 Å². The van der Waals surface area contributed by atoms with Crippen LogP contribution in [0.1, 0.15) is 41.7 Å². The Bertz CT molecular complexity index is 325. The molecular formula is C9H13N3O. The molecule has 1 unspecified atom stereocenters. The van der Waals surface area contributed by atoms with Crippen molar-refractivity contribution in [3.05, 3.63) is 17.5 Å². The van der Waals surface area contributed by atoms with Crippen molar-refractivity contribution >= 4 is 5.78 Å². The molecule has 1 aliphatic rings. The number of aromatic amines is 1. The van der Waals surface area contributed by atoms with Crippen molar-refractivity contribution in [2.24, 2.45) is 5.73 Å². The van der Waals surface area contributed by atoms with Crippen molar-refractivity contribution in [3.63, 3.8) is 0 Å². The molecule has 4 nitrogen and oxygen atoms in total. The second kappa shape index (κ2) is 2.96. The molecule has 13 heavy (non-hydrogen) atoms. The zero-order chi connectivity index (χ0) is 9.42. The molecule has 1 fully saturated rings. The molecule has 0 spiro atoms. The zero-order valence-corrected chi connectivity index (χ0v) is 7.58. The number of hydrogen-bond donors (Lipinski definition) is 2. The molecule has 1 aliphatic carbocycles. The van der Waals surface area contributed by atoms with E-state index in [2.05, 4.69) is 10.2 Å². The zero-order valence-electron chi connectivity index (χ0n) is 7.58. The molecule has 0 radical (unpaired) electrons. The van der Waals surface area contributed by atoms with E-state index in [-0.39, 0.29) is 5.78 Å². The fourth-order valence-corrected chi connectivity index (χ4v) is 1.42. The minimum absolute atomic E-state index is 0.0179. The van der Waals surface area contributed by atoms with Crippen LogP contribution in [0.4, 0.5) is 0 Å². The van der Waals surface area contributed by atoms with Crippen LogP contribution in [-0.4, -0.2) is 22.0 Å². The number of Topliss-reactive ketones (excluding diaryl/α,β-unsaturated/α-hetero) is 1. The molecule has 1 heterocycles. The Morgan fingerprint density at radius 2 is 2.46 bits per heavy atom. The highest BCUT2D eigenvalue weighted by molar-refractivity contribution is 6.00. The van der Waals surface area contributed by atoms with Crippen molar-refractivity contribution in [1.29, 1.82) is 0 Å². The van der Waals surface area contributed by atoms with Gasteiger partial charge in [0, 0.05) is 11.6 Å². The van der Waals surface area contributed by atoms with E-state index < -0.39 is 6.04 Å². The Kier molecular flexibility index (Phi) is 1.92. The predicted molar refractivity (Wildman–Crippen MR) is 48.5 cm³/mol. The van der Waals surface area contributed by atoms with E-state index >= 15 is 0 Å². The number of nitrogens with two attached hydrogens (primary N) is 1. The minimum atomic E-state index is -0.435. The number of rotatable bonds is 3. The number of carbonyl (C=O) groups excluding carboxylic acids is 1. The molecule has 0 amide bonds. The quantitative estimate of drug-likeness (QED) is 0.675. The maximum absolute atomic E-state index is 11.6. The highest BCUT2D eigenvalue weighted by atomic mass is 16.1. The van der Waals surface area contributed by atoms with Crippen LogP contribution in [0, 0.1) is 0 Å². The summed E-state index contributed by atoms with van der Waals surface area (Å²) in [6.07, 6.45) is 3.89. The normalized spacial score (nSPS) is 18.6. The van der Waals surface area contributed by atoms with E-state index in [1.54, 1.807) is 13.1 Å². The van der Waals surface area contributed by atoms with Gasteiger partial charge in [0.2, 0.25) is 0 Å². The average molecular weight is 179 g/mol. The lowest BCUT2D eigenvalue weighted by molar-refractivity contribution is 0.0967. The molecule has 1 saturated carbocycles. The summed E-state index contributed by atoms with van der Waals surface area (Å²) in [7, 11) is 0. The van der Waals surface area contributed by atoms with Crippen molar-refractivity contribution in [3.8, 4) is 0 Å². The number of H-pyrrole nitrogens is 1. The topological polar surface area (TPSA) is 71.8 Å². The minimum Gasteiger partial charge on any atom is -0.321 e. The Morgan fingerprint density at radius 3 is 3.00 bits per heavy atom. The maximum atomic E-state index is 11.6. The Morgan fingerprint density at radius 1 is 1.77 bits per heavy atom.